The van der Waals surface area contributed by atoms with Crippen LogP contribution in [-0.4, -0.2) is 42.5 Å². The van der Waals surface area contributed by atoms with Gasteiger partial charge in [0.15, 0.2) is 0 Å². The molecule has 1 aromatic carbocycles. The molecule has 3 heterocycles. The molecule has 0 saturated carbocycles. The average molecular weight is 425 g/mol. The van der Waals surface area contributed by atoms with E-state index in [1.807, 2.05) is 60.8 Å². The molecule has 1 fully saturated rings. The molecular formula is C23H28N4O2S. The minimum Gasteiger partial charge on any atom is -0.304 e. The summed E-state index contributed by atoms with van der Waals surface area (Å²) in [4.78, 5) is 6.86. The molecule has 0 radical (unpaired) electrons. The third-order valence-corrected chi connectivity index (χ3v) is 6.83. The van der Waals surface area contributed by atoms with Gasteiger partial charge >= 0.3 is 0 Å². The molecule has 1 saturated heterocycles. The van der Waals surface area contributed by atoms with E-state index in [4.69, 9.17) is 0 Å². The van der Waals surface area contributed by atoms with Crippen molar-refractivity contribution in [2.75, 3.05) is 19.6 Å². The van der Waals surface area contributed by atoms with Crippen molar-refractivity contribution in [1.29, 1.82) is 0 Å². The molecule has 1 aliphatic heterocycles. The summed E-state index contributed by atoms with van der Waals surface area (Å²) >= 11 is 0. The van der Waals surface area contributed by atoms with Gasteiger partial charge in [-0.3, -0.25) is 4.90 Å². The first-order valence-corrected chi connectivity index (χ1v) is 12.1. The van der Waals surface area contributed by atoms with Gasteiger partial charge in [-0.25, -0.2) is 18.1 Å². The maximum absolute atomic E-state index is 12.4. The Balaban J connectivity index is 1.33. The highest BCUT2D eigenvalue weighted by molar-refractivity contribution is 7.88. The molecule has 7 heteroatoms. The van der Waals surface area contributed by atoms with E-state index in [0.717, 1.165) is 43.9 Å². The molecule has 30 heavy (non-hydrogen) atoms. The molecule has 158 valence electrons. The van der Waals surface area contributed by atoms with Crippen LogP contribution < -0.4 is 4.72 Å². The molecule has 3 aromatic rings. The summed E-state index contributed by atoms with van der Waals surface area (Å²) in [5.41, 5.74) is 2.00. The van der Waals surface area contributed by atoms with Crippen molar-refractivity contribution in [3.8, 4) is 5.82 Å². The lowest BCUT2D eigenvalue weighted by molar-refractivity contribution is 0.166. The van der Waals surface area contributed by atoms with Gasteiger partial charge in [0.25, 0.3) is 0 Å². The van der Waals surface area contributed by atoms with Crippen LogP contribution in [0.4, 0.5) is 0 Å². The normalized spacial score (nSPS) is 17.8. The lowest BCUT2D eigenvalue weighted by Gasteiger charge is -2.33. The fraction of sp³-hybridized carbons (Fsp3) is 0.348. The molecule has 1 aliphatic rings. The van der Waals surface area contributed by atoms with Gasteiger partial charge in [-0.2, -0.15) is 0 Å². The fourth-order valence-corrected chi connectivity index (χ4v) is 5.27. The Kier molecular flexibility index (Phi) is 6.62. The largest absolute Gasteiger partial charge is 0.304 e. The van der Waals surface area contributed by atoms with Gasteiger partial charge in [-0.05, 0) is 55.1 Å². The highest BCUT2D eigenvalue weighted by Crippen LogP contribution is 2.20. The first-order valence-electron chi connectivity index (χ1n) is 10.4. The van der Waals surface area contributed by atoms with E-state index in [0.29, 0.717) is 12.5 Å². The zero-order valence-corrected chi connectivity index (χ0v) is 17.8. The molecule has 0 bridgehead atoms. The van der Waals surface area contributed by atoms with Crippen molar-refractivity contribution in [2.24, 2.45) is 5.92 Å². The monoisotopic (exact) mass is 424 g/mol. The molecule has 0 amide bonds. The number of rotatable bonds is 8. The molecule has 2 aromatic heterocycles. The number of pyridine rings is 1. The Bertz CT molecular complexity index is 1040. The number of benzene rings is 1. The lowest BCUT2D eigenvalue weighted by Crippen LogP contribution is -2.41. The Labute approximate surface area is 178 Å². The van der Waals surface area contributed by atoms with Gasteiger partial charge in [0, 0.05) is 37.7 Å². The van der Waals surface area contributed by atoms with Crippen LogP contribution in [-0.2, 0) is 22.3 Å². The third kappa shape index (κ3) is 5.56. The van der Waals surface area contributed by atoms with Crippen LogP contribution in [0.3, 0.4) is 0 Å². The summed E-state index contributed by atoms with van der Waals surface area (Å²) in [7, 11) is -3.33. The van der Waals surface area contributed by atoms with Gasteiger partial charge in [-0.1, -0.05) is 36.4 Å². The number of likely N-dealkylation sites (tertiary alicyclic amines) is 1. The Morgan fingerprint density at radius 3 is 2.67 bits per heavy atom. The minimum absolute atomic E-state index is 0.0296. The molecule has 0 unspecified atom stereocenters. The maximum Gasteiger partial charge on any atom is 0.215 e. The SMILES string of the molecule is O=S(=O)(Cc1ccccc1)NC[C@@H]1CCCN(Cc2cccn2-c2ccccn2)C1. The van der Waals surface area contributed by atoms with Crippen LogP contribution in [0.1, 0.15) is 24.1 Å². The van der Waals surface area contributed by atoms with Crippen molar-refractivity contribution < 1.29 is 8.42 Å². The van der Waals surface area contributed by atoms with Gasteiger partial charge < -0.3 is 4.57 Å². The minimum atomic E-state index is -3.33. The summed E-state index contributed by atoms with van der Waals surface area (Å²) in [6.07, 6.45) is 5.97. The lowest BCUT2D eigenvalue weighted by atomic mass is 9.98. The number of piperidine rings is 1. The molecule has 1 N–H and O–H groups in total. The van der Waals surface area contributed by atoms with Crippen LogP contribution in [0, 0.1) is 5.92 Å². The Morgan fingerprint density at radius 2 is 1.87 bits per heavy atom. The van der Waals surface area contributed by atoms with Crippen molar-refractivity contribution in [3.63, 3.8) is 0 Å². The summed E-state index contributed by atoms with van der Waals surface area (Å²) in [6, 6.07) is 19.4. The molecule has 1 atom stereocenters. The second-order valence-corrected chi connectivity index (χ2v) is 9.70. The number of nitrogens with zero attached hydrogens (tertiary/aromatic N) is 3. The first kappa shape index (κ1) is 20.8. The zero-order chi connectivity index (χ0) is 20.8. The van der Waals surface area contributed by atoms with Gasteiger partial charge in [0.1, 0.15) is 5.82 Å². The van der Waals surface area contributed by atoms with Crippen LogP contribution in [0.15, 0.2) is 73.1 Å². The predicted octanol–water partition coefficient (Wildman–Crippen LogP) is 3.20. The standard InChI is InChI=1S/C23H28N4O2S/c28-30(29,19-20-8-2-1-3-9-20)25-16-21-10-6-14-26(17-21)18-22-11-7-15-27(22)23-12-4-5-13-24-23/h1-5,7-9,11-13,15,21,25H,6,10,14,16-19H2/t21-/m0/s1. The van der Waals surface area contributed by atoms with Crippen LogP contribution in [0.5, 0.6) is 0 Å². The van der Waals surface area contributed by atoms with E-state index in [1.54, 1.807) is 6.20 Å². The Morgan fingerprint density at radius 1 is 1.03 bits per heavy atom. The first-order chi connectivity index (χ1) is 14.6. The highest BCUT2D eigenvalue weighted by Gasteiger charge is 2.23. The van der Waals surface area contributed by atoms with Gasteiger partial charge in [0.2, 0.25) is 10.0 Å². The molecular weight excluding hydrogens is 396 g/mol. The van der Waals surface area contributed by atoms with Crippen LogP contribution in [0.2, 0.25) is 0 Å². The van der Waals surface area contributed by atoms with E-state index in [-0.39, 0.29) is 5.75 Å². The summed E-state index contributed by atoms with van der Waals surface area (Å²) in [5.74, 6) is 1.27. The number of hydrogen-bond donors (Lipinski definition) is 1. The average Bonchev–Trinajstić information content (AvgIpc) is 3.22. The summed E-state index contributed by atoms with van der Waals surface area (Å²) in [5, 5.41) is 0. The molecule has 0 spiro atoms. The van der Waals surface area contributed by atoms with E-state index >= 15 is 0 Å². The number of sulfonamides is 1. The predicted molar refractivity (Wildman–Crippen MR) is 119 cm³/mol. The second kappa shape index (κ2) is 9.55. The Hall–Kier alpha value is -2.48. The topological polar surface area (TPSA) is 67.2 Å². The second-order valence-electron chi connectivity index (χ2n) is 7.89. The molecule has 4 rings (SSSR count). The van der Waals surface area contributed by atoms with E-state index < -0.39 is 10.0 Å². The maximum atomic E-state index is 12.4. The van der Waals surface area contributed by atoms with Crippen molar-refractivity contribution in [1.82, 2.24) is 19.2 Å². The van der Waals surface area contributed by atoms with Gasteiger partial charge in [-0.15, -0.1) is 0 Å². The van der Waals surface area contributed by atoms with Crippen molar-refractivity contribution >= 4 is 10.0 Å². The number of aromatic nitrogens is 2. The third-order valence-electron chi connectivity index (χ3n) is 5.51. The highest BCUT2D eigenvalue weighted by atomic mass is 32.2. The van der Waals surface area contributed by atoms with Crippen molar-refractivity contribution in [3.05, 3.63) is 84.3 Å². The summed E-state index contributed by atoms with van der Waals surface area (Å²) < 4.78 is 29.8. The molecule has 6 nitrogen and oxygen atoms in total. The summed E-state index contributed by atoms with van der Waals surface area (Å²) in [6.45, 7) is 3.24. The van der Waals surface area contributed by atoms with Crippen LogP contribution in [0.25, 0.3) is 5.82 Å². The fourth-order valence-electron chi connectivity index (χ4n) is 4.04. The number of nitrogens with one attached hydrogen (secondary N) is 1. The van der Waals surface area contributed by atoms with Crippen LogP contribution >= 0.6 is 0 Å². The van der Waals surface area contributed by atoms with Crippen molar-refractivity contribution in [2.45, 2.75) is 25.1 Å². The molecule has 0 aliphatic carbocycles. The van der Waals surface area contributed by atoms with Gasteiger partial charge in [0.05, 0.1) is 5.75 Å². The van der Waals surface area contributed by atoms with E-state index in [9.17, 15) is 8.42 Å². The van der Waals surface area contributed by atoms with E-state index in [2.05, 4.69) is 25.2 Å². The number of hydrogen-bond acceptors (Lipinski definition) is 4. The van der Waals surface area contributed by atoms with E-state index in [1.165, 1.54) is 5.69 Å². The zero-order valence-electron chi connectivity index (χ0n) is 17.0. The quantitative estimate of drug-likeness (QED) is 0.603. The smallest absolute Gasteiger partial charge is 0.215 e.